The molecule has 0 aliphatic carbocycles. The number of carbonyl (C=O) groups is 1. The molecule has 4 heteroatoms. The number of aromatic nitrogens is 2. The number of hydrogen-bond acceptors (Lipinski definition) is 3. The van der Waals surface area contributed by atoms with Gasteiger partial charge in [-0.15, -0.1) is 0 Å². The molecule has 0 spiro atoms. The van der Waals surface area contributed by atoms with E-state index in [4.69, 9.17) is 5.73 Å². The second-order valence-electron chi connectivity index (χ2n) is 5.33. The highest BCUT2D eigenvalue weighted by Crippen LogP contribution is 2.23. The number of rotatable bonds is 3. The number of imidazole rings is 1. The van der Waals surface area contributed by atoms with Crippen LogP contribution in [0, 0.1) is 13.8 Å². The van der Waals surface area contributed by atoms with Gasteiger partial charge in [-0.2, -0.15) is 0 Å². The van der Waals surface area contributed by atoms with Crippen LogP contribution in [0.5, 0.6) is 0 Å². The first kappa shape index (κ1) is 14.1. The number of anilines is 1. The van der Waals surface area contributed by atoms with Crippen molar-refractivity contribution < 1.29 is 4.79 Å². The van der Waals surface area contributed by atoms with E-state index >= 15 is 0 Å². The fourth-order valence-electron chi connectivity index (χ4n) is 2.57. The van der Waals surface area contributed by atoms with Crippen molar-refractivity contribution in [1.29, 1.82) is 0 Å². The third kappa shape index (κ3) is 2.39. The molecule has 22 heavy (non-hydrogen) atoms. The molecule has 2 N–H and O–H groups in total. The van der Waals surface area contributed by atoms with Crippen LogP contribution in [0.3, 0.4) is 0 Å². The van der Waals surface area contributed by atoms with Crippen molar-refractivity contribution in [3.8, 4) is 5.69 Å². The fourth-order valence-corrected chi connectivity index (χ4v) is 2.57. The maximum Gasteiger partial charge on any atom is 0.213 e. The Morgan fingerprint density at radius 1 is 1.09 bits per heavy atom. The van der Waals surface area contributed by atoms with Crippen LogP contribution in [0.25, 0.3) is 5.69 Å². The molecule has 0 atom stereocenters. The van der Waals surface area contributed by atoms with E-state index in [-0.39, 0.29) is 11.6 Å². The highest BCUT2D eigenvalue weighted by molar-refractivity contribution is 6.10. The van der Waals surface area contributed by atoms with Crippen LogP contribution in [0.15, 0.2) is 54.9 Å². The van der Waals surface area contributed by atoms with Crippen molar-refractivity contribution in [2.24, 2.45) is 0 Å². The second-order valence-corrected chi connectivity index (χ2v) is 5.33. The molecule has 110 valence electrons. The highest BCUT2D eigenvalue weighted by atomic mass is 16.1. The minimum Gasteiger partial charge on any atom is -0.382 e. The normalized spacial score (nSPS) is 10.6. The van der Waals surface area contributed by atoms with E-state index in [1.807, 2.05) is 44.2 Å². The molecule has 0 unspecified atom stereocenters. The Balaban J connectivity index is 2.14. The second kappa shape index (κ2) is 5.48. The summed E-state index contributed by atoms with van der Waals surface area (Å²) in [6.07, 6.45) is 1.60. The molecule has 0 saturated carbocycles. The topological polar surface area (TPSA) is 60.9 Å². The molecular weight excluding hydrogens is 274 g/mol. The summed E-state index contributed by atoms with van der Waals surface area (Å²) in [5, 5.41) is 0. The van der Waals surface area contributed by atoms with E-state index in [9.17, 15) is 4.79 Å². The lowest BCUT2D eigenvalue weighted by atomic mass is 10.1. The molecule has 1 aromatic heterocycles. The summed E-state index contributed by atoms with van der Waals surface area (Å²) in [7, 11) is 0. The first-order chi connectivity index (χ1) is 10.6. The van der Waals surface area contributed by atoms with Crippen LogP contribution in [0.2, 0.25) is 0 Å². The van der Waals surface area contributed by atoms with Crippen LogP contribution in [0.4, 0.5) is 5.82 Å². The Bertz CT molecular complexity index is 835. The minimum atomic E-state index is -0.129. The van der Waals surface area contributed by atoms with E-state index in [2.05, 4.69) is 11.1 Å². The standard InChI is InChI=1S/C18H17N3O/c1-12-8-9-15(13(2)10-12)21-11-20-18(19)16(21)17(22)14-6-4-3-5-7-14/h3-11H,19H2,1-2H3. The average molecular weight is 291 g/mol. The quantitative estimate of drug-likeness (QED) is 0.753. The van der Waals surface area contributed by atoms with Gasteiger partial charge in [0, 0.05) is 5.56 Å². The van der Waals surface area contributed by atoms with Gasteiger partial charge in [-0.05, 0) is 25.5 Å². The highest BCUT2D eigenvalue weighted by Gasteiger charge is 2.20. The van der Waals surface area contributed by atoms with Gasteiger partial charge in [0.05, 0.1) is 5.69 Å². The lowest BCUT2D eigenvalue weighted by Gasteiger charge is -2.11. The Hall–Kier alpha value is -2.88. The van der Waals surface area contributed by atoms with Crippen molar-refractivity contribution in [2.75, 3.05) is 5.73 Å². The summed E-state index contributed by atoms with van der Waals surface area (Å²) >= 11 is 0. The van der Waals surface area contributed by atoms with Crippen molar-refractivity contribution >= 4 is 11.6 Å². The van der Waals surface area contributed by atoms with Gasteiger partial charge in [-0.3, -0.25) is 9.36 Å². The number of nitrogens with zero attached hydrogens (tertiary/aromatic N) is 2. The molecule has 0 amide bonds. The first-order valence-electron chi connectivity index (χ1n) is 7.08. The zero-order valence-corrected chi connectivity index (χ0v) is 12.6. The Kier molecular flexibility index (Phi) is 3.51. The van der Waals surface area contributed by atoms with Crippen molar-refractivity contribution in [2.45, 2.75) is 13.8 Å². The number of benzene rings is 2. The third-order valence-electron chi connectivity index (χ3n) is 3.66. The molecule has 2 aromatic carbocycles. The van der Waals surface area contributed by atoms with E-state index in [1.54, 1.807) is 23.0 Å². The van der Waals surface area contributed by atoms with Crippen LogP contribution >= 0.6 is 0 Å². The number of ketones is 1. The molecule has 0 bridgehead atoms. The maximum atomic E-state index is 12.8. The summed E-state index contributed by atoms with van der Waals surface area (Å²) in [6, 6.07) is 15.2. The van der Waals surface area contributed by atoms with E-state index < -0.39 is 0 Å². The summed E-state index contributed by atoms with van der Waals surface area (Å²) in [5.74, 6) is 0.115. The Morgan fingerprint density at radius 2 is 1.82 bits per heavy atom. The predicted molar refractivity (Wildman–Crippen MR) is 87.3 cm³/mol. The molecule has 0 radical (unpaired) electrons. The smallest absolute Gasteiger partial charge is 0.213 e. The first-order valence-corrected chi connectivity index (χ1v) is 7.08. The number of nitrogen functional groups attached to an aromatic ring is 1. The number of carbonyl (C=O) groups excluding carboxylic acids is 1. The Morgan fingerprint density at radius 3 is 2.50 bits per heavy atom. The maximum absolute atomic E-state index is 12.8. The lowest BCUT2D eigenvalue weighted by Crippen LogP contribution is -2.11. The van der Waals surface area contributed by atoms with Crippen molar-refractivity contribution in [3.63, 3.8) is 0 Å². The molecule has 0 saturated heterocycles. The summed E-state index contributed by atoms with van der Waals surface area (Å²) in [4.78, 5) is 16.9. The molecule has 0 fully saturated rings. The zero-order chi connectivity index (χ0) is 15.7. The predicted octanol–water partition coefficient (Wildman–Crippen LogP) is 3.30. The molecule has 0 aliphatic rings. The van der Waals surface area contributed by atoms with Crippen LogP contribution in [-0.2, 0) is 0 Å². The molecule has 3 aromatic rings. The largest absolute Gasteiger partial charge is 0.382 e. The fraction of sp³-hybridized carbons (Fsp3) is 0.111. The lowest BCUT2D eigenvalue weighted by molar-refractivity contribution is 0.103. The van der Waals surface area contributed by atoms with Gasteiger partial charge in [0.1, 0.15) is 12.0 Å². The van der Waals surface area contributed by atoms with E-state index in [0.717, 1.165) is 11.3 Å². The van der Waals surface area contributed by atoms with Gasteiger partial charge in [0.2, 0.25) is 5.78 Å². The van der Waals surface area contributed by atoms with E-state index in [0.29, 0.717) is 11.3 Å². The molecule has 3 rings (SSSR count). The molecule has 4 nitrogen and oxygen atoms in total. The van der Waals surface area contributed by atoms with Gasteiger partial charge in [0.25, 0.3) is 0 Å². The summed E-state index contributed by atoms with van der Waals surface area (Å²) < 4.78 is 1.76. The third-order valence-corrected chi connectivity index (χ3v) is 3.66. The average Bonchev–Trinajstić information content (AvgIpc) is 2.89. The van der Waals surface area contributed by atoms with Gasteiger partial charge >= 0.3 is 0 Å². The molecular formula is C18H17N3O. The van der Waals surface area contributed by atoms with Gasteiger partial charge in [0.15, 0.2) is 5.82 Å². The number of nitrogens with two attached hydrogens (primary N) is 1. The van der Waals surface area contributed by atoms with E-state index in [1.165, 1.54) is 5.56 Å². The monoisotopic (exact) mass is 291 g/mol. The summed E-state index contributed by atoms with van der Waals surface area (Å²) in [6.45, 7) is 4.05. The minimum absolute atomic E-state index is 0.129. The van der Waals surface area contributed by atoms with Crippen molar-refractivity contribution in [1.82, 2.24) is 9.55 Å². The van der Waals surface area contributed by atoms with Crippen LogP contribution < -0.4 is 5.73 Å². The van der Waals surface area contributed by atoms with Crippen LogP contribution in [0.1, 0.15) is 27.2 Å². The molecule has 1 heterocycles. The summed E-state index contributed by atoms with van der Waals surface area (Å²) in [5.41, 5.74) is 10.1. The Labute approximate surface area is 129 Å². The number of hydrogen-bond donors (Lipinski definition) is 1. The molecule has 0 aliphatic heterocycles. The van der Waals surface area contributed by atoms with Crippen LogP contribution in [-0.4, -0.2) is 15.3 Å². The zero-order valence-electron chi connectivity index (χ0n) is 12.6. The van der Waals surface area contributed by atoms with Gasteiger partial charge in [-0.1, -0.05) is 48.0 Å². The van der Waals surface area contributed by atoms with Gasteiger partial charge in [-0.25, -0.2) is 4.98 Å². The number of aryl methyl sites for hydroxylation is 2. The van der Waals surface area contributed by atoms with Gasteiger partial charge < -0.3 is 5.73 Å². The van der Waals surface area contributed by atoms with Crippen molar-refractivity contribution in [3.05, 3.63) is 77.2 Å². The SMILES string of the molecule is Cc1ccc(-n2cnc(N)c2C(=O)c2ccccc2)c(C)c1.